The summed E-state index contributed by atoms with van der Waals surface area (Å²) >= 11 is 0. The summed E-state index contributed by atoms with van der Waals surface area (Å²) in [5.41, 5.74) is 5.82. The summed E-state index contributed by atoms with van der Waals surface area (Å²) in [5, 5.41) is 0. The standard InChI is InChI=1S/C13H28N2O/c1-11(2,3)16-12(4,5)8-7-9-15-10-13(15,6)14/h7-10,14H2,1-6H3. The van der Waals surface area contributed by atoms with Gasteiger partial charge in [0.25, 0.3) is 0 Å². The van der Waals surface area contributed by atoms with Crippen LogP contribution in [0.25, 0.3) is 0 Å². The van der Waals surface area contributed by atoms with E-state index in [1.165, 1.54) is 0 Å². The molecule has 1 heterocycles. The van der Waals surface area contributed by atoms with Gasteiger partial charge < -0.3 is 10.5 Å². The molecule has 2 atom stereocenters. The van der Waals surface area contributed by atoms with E-state index in [2.05, 4.69) is 46.4 Å². The summed E-state index contributed by atoms with van der Waals surface area (Å²) in [6, 6.07) is 0. The smallest absolute Gasteiger partial charge is 0.0790 e. The largest absolute Gasteiger partial charge is 0.370 e. The Labute approximate surface area is 100 Å². The molecule has 16 heavy (non-hydrogen) atoms. The van der Waals surface area contributed by atoms with Crippen molar-refractivity contribution in [3.05, 3.63) is 0 Å². The monoisotopic (exact) mass is 228 g/mol. The number of rotatable bonds is 5. The number of nitrogens with zero attached hydrogens (tertiary/aromatic N) is 1. The van der Waals surface area contributed by atoms with Crippen molar-refractivity contribution in [3.63, 3.8) is 0 Å². The summed E-state index contributed by atoms with van der Waals surface area (Å²) < 4.78 is 6.03. The van der Waals surface area contributed by atoms with Gasteiger partial charge >= 0.3 is 0 Å². The van der Waals surface area contributed by atoms with Gasteiger partial charge in [-0.3, -0.25) is 4.90 Å². The molecule has 1 aliphatic heterocycles. The maximum absolute atomic E-state index is 6.03. The van der Waals surface area contributed by atoms with Gasteiger partial charge in [-0.2, -0.15) is 0 Å². The van der Waals surface area contributed by atoms with Gasteiger partial charge in [0.05, 0.1) is 16.9 Å². The molecule has 0 saturated carbocycles. The Bertz CT molecular complexity index is 241. The molecular weight excluding hydrogens is 200 g/mol. The first kappa shape index (κ1) is 13.9. The second kappa shape index (κ2) is 4.28. The fourth-order valence-corrected chi connectivity index (χ4v) is 2.26. The molecule has 0 radical (unpaired) electrons. The van der Waals surface area contributed by atoms with Crippen molar-refractivity contribution >= 4 is 0 Å². The van der Waals surface area contributed by atoms with Gasteiger partial charge in [0.2, 0.25) is 0 Å². The van der Waals surface area contributed by atoms with Gasteiger partial charge in [-0.1, -0.05) is 0 Å². The van der Waals surface area contributed by atoms with E-state index in [4.69, 9.17) is 10.5 Å². The molecular formula is C13H28N2O. The first-order chi connectivity index (χ1) is 7.02. The molecule has 0 bridgehead atoms. The molecule has 0 aromatic heterocycles. The van der Waals surface area contributed by atoms with E-state index in [0.29, 0.717) is 0 Å². The third kappa shape index (κ3) is 4.81. The van der Waals surface area contributed by atoms with Crippen LogP contribution in [0.4, 0.5) is 0 Å². The summed E-state index contributed by atoms with van der Waals surface area (Å²) in [4.78, 5) is 2.31. The molecule has 1 fully saturated rings. The lowest BCUT2D eigenvalue weighted by atomic mass is 10.0. The fourth-order valence-electron chi connectivity index (χ4n) is 2.26. The SMILES string of the molecule is CC(C)(C)OC(C)(C)CCCN1CC1(C)N. The third-order valence-electron chi connectivity index (χ3n) is 2.92. The molecule has 1 saturated heterocycles. The van der Waals surface area contributed by atoms with Gasteiger partial charge in [0.15, 0.2) is 0 Å². The van der Waals surface area contributed by atoms with Crippen molar-refractivity contribution in [1.82, 2.24) is 4.90 Å². The first-order valence-electron chi connectivity index (χ1n) is 6.26. The summed E-state index contributed by atoms with van der Waals surface area (Å²) in [7, 11) is 0. The van der Waals surface area contributed by atoms with E-state index in [9.17, 15) is 0 Å². The minimum Gasteiger partial charge on any atom is -0.370 e. The molecule has 2 unspecified atom stereocenters. The van der Waals surface area contributed by atoms with Crippen molar-refractivity contribution in [3.8, 4) is 0 Å². The van der Waals surface area contributed by atoms with E-state index in [1.807, 2.05) is 0 Å². The normalized spacial score (nSPS) is 30.6. The Morgan fingerprint density at radius 2 is 1.75 bits per heavy atom. The predicted octanol–water partition coefficient (Wildman–Crippen LogP) is 2.35. The lowest BCUT2D eigenvalue weighted by Gasteiger charge is -2.34. The highest BCUT2D eigenvalue weighted by Crippen LogP contribution is 2.28. The van der Waals surface area contributed by atoms with E-state index >= 15 is 0 Å². The van der Waals surface area contributed by atoms with Crippen LogP contribution in [0, 0.1) is 0 Å². The maximum Gasteiger partial charge on any atom is 0.0790 e. The summed E-state index contributed by atoms with van der Waals surface area (Å²) in [6.07, 6.45) is 2.23. The van der Waals surface area contributed by atoms with E-state index in [-0.39, 0.29) is 16.9 Å². The van der Waals surface area contributed by atoms with Crippen LogP contribution in [-0.2, 0) is 4.74 Å². The van der Waals surface area contributed by atoms with Crippen molar-refractivity contribution in [2.45, 2.75) is 71.2 Å². The molecule has 1 rings (SSSR count). The van der Waals surface area contributed by atoms with E-state index in [0.717, 1.165) is 25.9 Å². The Morgan fingerprint density at radius 1 is 1.25 bits per heavy atom. The summed E-state index contributed by atoms with van der Waals surface area (Å²) in [6.45, 7) is 14.9. The Kier molecular flexibility index (Phi) is 3.73. The predicted molar refractivity (Wildman–Crippen MR) is 68.3 cm³/mol. The highest BCUT2D eigenvalue weighted by molar-refractivity contribution is 4.97. The van der Waals surface area contributed by atoms with Crippen LogP contribution >= 0.6 is 0 Å². The molecule has 0 aromatic rings. The molecule has 3 nitrogen and oxygen atoms in total. The Morgan fingerprint density at radius 3 is 2.12 bits per heavy atom. The number of ether oxygens (including phenoxy) is 1. The molecule has 0 spiro atoms. The van der Waals surface area contributed by atoms with Gasteiger partial charge in [-0.25, -0.2) is 0 Å². The fraction of sp³-hybridized carbons (Fsp3) is 1.00. The van der Waals surface area contributed by atoms with Gasteiger partial charge in [-0.15, -0.1) is 0 Å². The first-order valence-corrected chi connectivity index (χ1v) is 6.26. The molecule has 96 valence electrons. The van der Waals surface area contributed by atoms with Crippen LogP contribution in [0.1, 0.15) is 54.4 Å². The van der Waals surface area contributed by atoms with E-state index < -0.39 is 0 Å². The second-order valence-corrected chi connectivity index (χ2v) is 6.86. The molecule has 0 aromatic carbocycles. The van der Waals surface area contributed by atoms with Crippen LogP contribution in [0.5, 0.6) is 0 Å². The average Bonchev–Trinajstić information content (AvgIpc) is 2.52. The zero-order chi connectivity index (χ0) is 12.6. The quantitative estimate of drug-likeness (QED) is 0.734. The molecule has 3 heteroatoms. The van der Waals surface area contributed by atoms with E-state index in [1.54, 1.807) is 0 Å². The molecule has 0 aliphatic carbocycles. The second-order valence-electron chi connectivity index (χ2n) is 6.86. The summed E-state index contributed by atoms with van der Waals surface area (Å²) in [5.74, 6) is 0. The van der Waals surface area contributed by atoms with Gasteiger partial charge in [0.1, 0.15) is 0 Å². The third-order valence-corrected chi connectivity index (χ3v) is 2.92. The Hall–Kier alpha value is -0.120. The minimum atomic E-state index is -0.0637. The van der Waals surface area contributed by atoms with Crippen LogP contribution in [0.2, 0.25) is 0 Å². The van der Waals surface area contributed by atoms with Gasteiger partial charge in [-0.05, 0) is 54.4 Å². The lowest BCUT2D eigenvalue weighted by Crippen LogP contribution is -2.35. The highest BCUT2D eigenvalue weighted by Gasteiger charge is 2.43. The molecule has 1 aliphatic rings. The zero-order valence-electron chi connectivity index (χ0n) is 11.8. The zero-order valence-corrected chi connectivity index (χ0v) is 11.8. The van der Waals surface area contributed by atoms with Crippen molar-refractivity contribution in [1.29, 1.82) is 0 Å². The van der Waals surface area contributed by atoms with Crippen LogP contribution < -0.4 is 5.73 Å². The van der Waals surface area contributed by atoms with Crippen LogP contribution in [-0.4, -0.2) is 34.9 Å². The van der Waals surface area contributed by atoms with Crippen molar-refractivity contribution in [2.24, 2.45) is 5.73 Å². The molecule has 0 amide bonds. The maximum atomic E-state index is 6.03. The lowest BCUT2D eigenvalue weighted by molar-refractivity contribution is -0.116. The van der Waals surface area contributed by atoms with Crippen molar-refractivity contribution in [2.75, 3.05) is 13.1 Å². The minimum absolute atomic E-state index is 0.0327. The number of nitrogens with two attached hydrogens (primary N) is 1. The average molecular weight is 228 g/mol. The van der Waals surface area contributed by atoms with Gasteiger partial charge in [0, 0.05) is 13.1 Å². The number of hydrogen-bond acceptors (Lipinski definition) is 3. The van der Waals surface area contributed by atoms with Crippen molar-refractivity contribution < 1.29 is 4.74 Å². The molecule has 2 N–H and O–H groups in total. The topological polar surface area (TPSA) is 38.3 Å². The highest BCUT2D eigenvalue weighted by atomic mass is 16.5. The number of hydrogen-bond donors (Lipinski definition) is 1. The Balaban J connectivity index is 2.21. The van der Waals surface area contributed by atoms with Crippen LogP contribution in [0.3, 0.4) is 0 Å². The van der Waals surface area contributed by atoms with Crippen LogP contribution in [0.15, 0.2) is 0 Å².